The van der Waals surface area contributed by atoms with E-state index in [1.54, 1.807) is 0 Å². The minimum atomic E-state index is -3.44. The third-order valence-corrected chi connectivity index (χ3v) is 3.06. The van der Waals surface area contributed by atoms with E-state index in [9.17, 15) is 8.42 Å². The summed E-state index contributed by atoms with van der Waals surface area (Å²) < 4.78 is 30.6. The van der Waals surface area contributed by atoms with Crippen LogP contribution in [0.3, 0.4) is 0 Å². The summed E-state index contributed by atoms with van der Waals surface area (Å²) in [6.45, 7) is 4.40. The lowest BCUT2D eigenvalue weighted by Gasteiger charge is -2.08. The van der Waals surface area contributed by atoms with E-state index < -0.39 is 10.0 Å². The molecule has 1 aromatic rings. The van der Waals surface area contributed by atoms with Crippen molar-refractivity contribution in [1.29, 1.82) is 0 Å². The molecule has 0 aliphatic rings. The highest BCUT2D eigenvalue weighted by molar-refractivity contribution is 7.89. The van der Waals surface area contributed by atoms with Crippen LogP contribution in [0, 0.1) is 0 Å². The van der Waals surface area contributed by atoms with E-state index in [2.05, 4.69) is 14.9 Å². The van der Waals surface area contributed by atoms with Crippen LogP contribution in [0.25, 0.3) is 0 Å². The van der Waals surface area contributed by atoms with E-state index in [0.29, 0.717) is 6.61 Å². The fourth-order valence-electron chi connectivity index (χ4n) is 0.940. The molecule has 15 heavy (non-hydrogen) atoms. The Labute approximate surface area is 89.1 Å². The molecule has 0 aliphatic carbocycles. The fraction of sp³-hybridized carbons (Fsp3) is 0.625. The van der Waals surface area contributed by atoms with Gasteiger partial charge in [-0.2, -0.15) is 5.10 Å². The van der Waals surface area contributed by atoms with Crippen LogP contribution in [-0.2, 0) is 14.8 Å². The number of ether oxygens (including phenoxy) is 1. The number of nitrogens with zero attached hydrogens (tertiary/aromatic N) is 1. The molecule has 0 atom stereocenters. The van der Waals surface area contributed by atoms with Gasteiger partial charge in [-0.3, -0.25) is 5.10 Å². The van der Waals surface area contributed by atoms with Gasteiger partial charge in [0.25, 0.3) is 0 Å². The van der Waals surface area contributed by atoms with Crippen molar-refractivity contribution in [1.82, 2.24) is 14.9 Å². The molecule has 7 heteroatoms. The molecule has 0 fully saturated rings. The molecule has 0 radical (unpaired) electrons. The second kappa shape index (κ2) is 5.24. The average molecular weight is 233 g/mol. The SMILES string of the molecule is CC(C)OCCNS(=O)(=O)c1cn[nH]c1. The Balaban J connectivity index is 2.39. The van der Waals surface area contributed by atoms with E-state index in [4.69, 9.17) is 4.74 Å². The predicted molar refractivity (Wildman–Crippen MR) is 54.9 cm³/mol. The van der Waals surface area contributed by atoms with Gasteiger partial charge in [0.05, 0.1) is 18.9 Å². The van der Waals surface area contributed by atoms with Crippen molar-refractivity contribution in [2.24, 2.45) is 0 Å². The normalized spacial score (nSPS) is 12.2. The maximum Gasteiger partial charge on any atom is 0.243 e. The second-order valence-corrected chi connectivity index (χ2v) is 5.02. The molecule has 2 N–H and O–H groups in total. The number of hydrogen-bond donors (Lipinski definition) is 2. The Hall–Kier alpha value is -0.920. The smallest absolute Gasteiger partial charge is 0.243 e. The topological polar surface area (TPSA) is 84.1 Å². The molecule has 0 saturated heterocycles. The van der Waals surface area contributed by atoms with E-state index >= 15 is 0 Å². The minimum absolute atomic E-state index is 0.100. The Bertz CT molecular complexity index is 372. The molecule has 1 aromatic heterocycles. The lowest BCUT2D eigenvalue weighted by Crippen LogP contribution is -2.28. The van der Waals surface area contributed by atoms with Crippen molar-refractivity contribution in [3.05, 3.63) is 12.4 Å². The first-order valence-corrected chi connectivity index (χ1v) is 6.11. The van der Waals surface area contributed by atoms with E-state index in [1.807, 2.05) is 13.8 Å². The number of H-pyrrole nitrogens is 1. The van der Waals surface area contributed by atoms with Crippen LogP contribution in [-0.4, -0.2) is 37.9 Å². The third kappa shape index (κ3) is 3.98. The number of nitrogens with one attached hydrogen (secondary N) is 2. The summed E-state index contributed by atoms with van der Waals surface area (Å²) in [6, 6.07) is 0. The number of sulfonamides is 1. The number of hydrogen-bond acceptors (Lipinski definition) is 4. The van der Waals surface area contributed by atoms with Crippen LogP contribution in [0.4, 0.5) is 0 Å². The van der Waals surface area contributed by atoms with Gasteiger partial charge in [-0.25, -0.2) is 13.1 Å². The van der Waals surface area contributed by atoms with Gasteiger partial charge in [-0.05, 0) is 13.8 Å². The highest BCUT2D eigenvalue weighted by atomic mass is 32.2. The van der Waals surface area contributed by atoms with Crippen molar-refractivity contribution >= 4 is 10.0 Å². The Morgan fingerprint density at radius 3 is 2.87 bits per heavy atom. The highest BCUT2D eigenvalue weighted by Gasteiger charge is 2.13. The first kappa shape index (κ1) is 12.2. The summed E-state index contributed by atoms with van der Waals surface area (Å²) in [5, 5.41) is 6.01. The quantitative estimate of drug-likeness (QED) is 0.683. The number of rotatable bonds is 6. The van der Waals surface area contributed by atoms with Gasteiger partial charge in [0.1, 0.15) is 4.90 Å². The van der Waals surface area contributed by atoms with Crippen LogP contribution < -0.4 is 4.72 Å². The van der Waals surface area contributed by atoms with Gasteiger partial charge in [0.15, 0.2) is 0 Å². The molecule has 0 aromatic carbocycles. The van der Waals surface area contributed by atoms with Crippen LogP contribution in [0.2, 0.25) is 0 Å². The van der Waals surface area contributed by atoms with Gasteiger partial charge in [-0.15, -0.1) is 0 Å². The largest absolute Gasteiger partial charge is 0.377 e. The summed E-state index contributed by atoms with van der Waals surface area (Å²) in [6.07, 6.45) is 2.68. The molecular weight excluding hydrogens is 218 g/mol. The zero-order valence-electron chi connectivity index (χ0n) is 8.73. The van der Waals surface area contributed by atoms with Gasteiger partial charge >= 0.3 is 0 Å². The van der Waals surface area contributed by atoms with E-state index in [1.165, 1.54) is 12.4 Å². The van der Waals surface area contributed by atoms with Gasteiger partial charge < -0.3 is 4.74 Å². The lowest BCUT2D eigenvalue weighted by molar-refractivity contribution is 0.0834. The average Bonchev–Trinajstić information content (AvgIpc) is 2.65. The Kier molecular flexibility index (Phi) is 4.25. The number of aromatic amines is 1. The monoisotopic (exact) mass is 233 g/mol. The van der Waals surface area contributed by atoms with Crippen molar-refractivity contribution < 1.29 is 13.2 Å². The Morgan fingerprint density at radius 1 is 1.60 bits per heavy atom. The molecule has 1 heterocycles. The van der Waals surface area contributed by atoms with Crippen molar-refractivity contribution in [3.63, 3.8) is 0 Å². The van der Waals surface area contributed by atoms with Crippen molar-refractivity contribution in [2.75, 3.05) is 13.2 Å². The maximum atomic E-state index is 11.5. The first-order valence-electron chi connectivity index (χ1n) is 4.62. The minimum Gasteiger partial charge on any atom is -0.377 e. The van der Waals surface area contributed by atoms with Crippen LogP contribution >= 0.6 is 0 Å². The maximum absolute atomic E-state index is 11.5. The number of aromatic nitrogens is 2. The molecule has 0 spiro atoms. The van der Waals surface area contributed by atoms with Crippen LogP contribution in [0.5, 0.6) is 0 Å². The van der Waals surface area contributed by atoms with E-state index in [-0.39, 0.29) is 17.5 Å². The molecule has 0 bridgehead atoms. The van der Waals surface area contributed by atoms with Gasteiger partial charge in [-0.1, -0.05) is 0 Å². The molecule has 0 amide bonds. The Morgan fingerprint density at radius 2 is 2.33 bits per heavy atom. The molecule has 0 unspecified atom stereocenters. The zero-order chi connectivity index (χ0) is 11.3. The molecule has 86 valence electrons. The predicted octanol–water partition coefficient (Wildman–Crippen LogP) is 0.113. The molecule has 0 saturated carbocycles. The summed E-state index contributed by atoms with van der Waals surface area (Å²) in [7, 11) is -3.44. The van der Waals surface area contributed by atoms with Gasteiger partial charge in [0, 0.05) is 12.7 Å². The molecular formula is C8H15N3O3S. The zero-order valence-corrected chi connectivity index (χ0v) is 9.54. The molecule has 0 aliphatic heterocycles. The standard InChI is InChI=1S/C8H15N3O3S/c1-7(2)14-4-3-11-15(12,13)8-5-9-10-6-8/h5-7,11H,3-4H2,1-2H3,(H,9,10). The van der Waals surface area contributed by atoms with Crippen molar-refractivity contribution in [3.8, 4) is 0 Å². The van der Waals surface area contributed by atoms with E-state index in [0.717, 1.165) is 0 Å². The van der Waals surface area contributed by atoms with Crippen LogP contribution in [0.15, 0.2) is 17.3 Å². The first-order chi connectivity index (χ1) is 7.02. The fourth-order valence-corrected chi connectivity index (χ4v) is 1.86. The second-order valence-electron chi connectivity index (χ2n) is 3.25. The lowest BCUT2D eigenvalue weighted by atomic mass is 10.5. The van der Waals surface area contributed by atoms with Gasteiger partial charge in [0.2, 0.25) is 10.0 Å². The summed E-state index contributed by atoms with van der Waals surface area (Å²) in [4.78, 5) is 0.132. The van der Waals surface area contributed by atoms with Crippen LogP contribution in [0.1, 0.15) is 13.8 Å². The highest BCUT2D eigenvalue weighted by Crippen LogP contribution is 2.03. The molecule has 1 rings (SSSR count). The third-order valence-electron chi connectivity index (χ3n) is 1.63. The summed E-state index contributed by atoms with van der Waals surface area (Å²) >= 11 is 0. The molecule has 6 nitrogen and oxygen atoms in total. The summed E-state index contributed by atoms with van der Waals surface area (Å²) in [5.41, 5.74) is 0. The summed E-state index contributed by atoms with van der Waals surface area (Å²) in [5.74, 6) is 0. The van der Waals surface area contributed by atoms with Crippen molar-refractivity contribution in [2.45, 2.75) is 24.8 Å².